The Morgan fingerprint density at radius 2 is 1.95 bits per heavy atom. The fraction of sp³-hybridized carbons (Fsp3) is 0.533. The highest BCUT2D eigenvalue weighted by molar-refractivity contribution is 5.67. The lowest BCUT2D eigenvalue weighted by atomic mass is 10.1. The minimum Gasteiger partial charge on any atom is -0.460 e. The number of rotatable bonds is 2. The standard InChI is InChI=1S/C15H21N3O/c1-11-8-9-14(19-11)15-13(16)10-18(17-15)12-6-4-2-3-5-7-12/h8-10,12H,2-7,16H2,1H3. The Morgan fingerprint density at radius 1 is 1.21 bits per heavy atom. The molecule has 2 heterocycles. The predicted molar refractivity (Wildman–Crippen MR) is 75.8 cm³/mol. The average Bonchev–Trinajstić information content (AvgIpc) is 2.86. The van der Waals surface area contributed by atoms with Gasteiger partial charge in [-0.1, -0.05) is 25.7 Å². The maximum Gasteiger partial charge on any atom is 0.156 e. The van der Waals surface area contributed by atoms with Crippen molar-refractivity contribution in [1.82, 2.24) is 9.78 Å². The molecule has 0 amide bonds. The fourth-order valence-electron chi connectivity index (χ4n) is 2.87. The number of anilines is 1. The molecular formula is C15H21N3O. The molecule has 1 fully saturated rings. The van der Waals surface area contributed by atoms with Crippen molar-refractivity contribution in [2.24, 2.45) is 0 Å². The summed E-state index contributed by atoms with van der Waals surface area (Å²) in [6.07, 6.45) is 9.65. The molecule has 19 heavy (non-hydrogen) atoms. The molecule has 2 N–H and O–H groups in total. The quantitative estimate of drug-likeness (QED) is 0.831. The first-order valence-electron chi connectivity index (χ1n) is 7.15. The minimum absolute atomic E-state index is 0.495. The van der Waals surface area contributed by atoms with Gasteiger partial charge in [0, 0.05) is 6.20 Å². The van der Waals surface area contributed by atoms with Gasteiger partial charge in [0.2, 0.25) is 0 Å². The highest BCUT2D eigenvalue weighted by atomic mass is 16.3. The van der Waals surface area contributed by atoms with Crippen molar-refractivity contribution in [2.75, 3.05) is 5.73 Å². The van der Waals surface area contributed by atoms with E-state index < -0.39 is 0 Å². The summed E-state index contributed by atoms with van der Waals surface area (Å²) >= 11 is 0. The van der Waals surface area contributed by atoms with Crippen molar-refractivity contribution in [3.63, 3.8) is 0 Å². The molecule has 3 rings (SSSR count). The van der Waals surface area contributed by atoms with Crippen molar-refractivity contribution in [2.45, 2.75) is 51.5 Å². The number of hydrogen-bond donors (Lipinski definition) is 1. The average molecular weight is 259 g/mol. The predicted octanol–water partition coefficient (Wildman–Crippen LogP) is 3.93. The van der Waals surface area contributed by atoms with Crippen LogP contribution < -0.4 is 5.73 Å². The zero-order valence-corrected chi connectivity index (χ0v) is 11.4. The molecule has 1 aliphatic carbocycles. The third-order valence-electron chi connectivity index (χ3n) is 3.93. The van der Waals surface area contributed by atoms with E-state index in [1.807, 2.05) is 29.9 Å². The molecule has 0 saturated heterocycles. The van der Waals surface area contributed by atoms with Crippen molar-refractivity contribution in [1.29, 1.82) is 0 Å². The molecule has 1 aliphatic rings. The summed E-state index contributed by atoms with van der Waals surface area (Å²) in [5.41, 5.74) is 7.57. The van der Waals surface area contributed by atoms with E-state index in [0.717, 1.165) is 17.2 Å². The molecule has 2 aromatic rings. The Labute approximate surface area is 113 Å². The van der Waals surface area contributed by atoms with Crippen LogP contribution in [0.25, 0.3) is 11.5 Å². The van der Waals surface area contributed by atoms with E-state index in [-0.39, 0.29) is 0 Å². The van der Waals surface area contributed by atoms with E-state index in [2.05, 4.69) is 5.10 Å². The van der Waals surface area contributed by atoms with Gasteiger partial charge in [-0.2, -0.15) is 5.10 Å². The Morgan fingerprint density at radius 3 is 2.58 bits per heavy atom. The van der Waals surface area contributed by atoms with E-state index in [9.17, 15) is 0 Å². The van der Waals surface area contributed by atoms with Gasteiger partial charge in [-0.05, 0) is 31.9 Å². The highest BCUT2D eigenvalue weighted by Gasteiger charge is 2.18. The van der Waals surface area contributed by atoms with Crippen LogP contribution in [0.4, 0.5) is 5.69 Å². The number of nitrogens with zero attached hydrogens (tertiary/aromatic N) is 2. The summed E-state index contributed by atoms with van der Waals surface area (Å²) < 4.78 is 7.67. The third-order valence-corrected chi connectivity index (χ3v) is 3.93. The molecule has 4 nitrogen and oxygen atoms in total. The van der Waals surface area contributed by atoms with Gasteiger partial charge in [0.15, 0.2) is 11.5 Å². The summed E-state index contributed by atoms with van der Waals surface area (Å²) in [4.78, 5) is 0. The Kier molecular flexibility index (Phi) is 3.32. The van der Waals surface area contributed by atoms with E-state index in [4.69, 9.17) is 10.2 Å². The maximum absolute atomic E-state index is 6.09. The molecule has 0 unspecified atom stereocenters. The molecule has 0 aromatic carbocycles. The first-order valence-corrected chi connectivity index (χ1v) is 7.15. The lowest BCUT2D eigenvalue weighted by Gasteiger charge is -2.14. The third kappa shape index (κ3) is 2.53. The van der Waals surface area contributed by atoms with Gasteiger partial charge in [0.25, 0.3) is 0 Å². The van der Waals surface area contributed by atoms with Crippen LogP contribution in [0.1, 0.15) is 50.3 Å². The smallest absolute Gasteiger partial charge is 0.156 e. The van der Waals surface area contributed by atoms with Gasteiger partial charge in [0.05, 0.1) is 11.7 Å². The molecule has 4 heteroatoms. The number of nitrogen functional groups attached to an aromatic ring is 1. The minimum atomic E-state index is 0.495. The fourth-order valence-corrected chi connectivity index (χ4v) is 2.87. The van der Waals surface area contributed by atoms with Crippen LogP contribution in [-0.2, 0) is 0 Å². The molecule has 1 saturated carbocycles. The summed E-state index contributed by atoms with van der Waals surface area (Å²) in [6.45, 7) is 1.93. The van der Waals surface area contributed by atoms with Gasteiger partial charge in [-0.15, -0.1) is 0 Å². The molecule has 2 aromatic heterocycles. The second kappa shape index (κ2) is 5.11. The van der Waals surface area contributed by atoms with Gasteiger partial charge in [0.1, 0.15) is 5.76 Å². The Balaban J connectivity index is 1.88. The normalized spacial score (nSPS) is 17.5. The topological polar surface area (TPSA) is 57.0 Å². The van der Waals surface area contributed by atoms with E-state index in [0.29, 0.717) is 11.7 Å². The molecule has 102 valence electrons. The van der Waals surface area contributed by atoms with Crippen LogP contribution in [-0.4, -0.2) is 9.78 Å². The van der Waals surface area contributed by atoms with Crippen LogP contribution in [0.5, 0.6) is 0 Å². The molecule has 0 aliphatic heterocycles. The van der Waals surface area contributed by atoms with Crippen LogP contribution in [0.2, 0.25) is 0 Å². The first-order chi connectivity index (χ1) is 9.24. The Bertz CT molecular complexity index is 547. The van der Waals surface area contributed by atoms with E-state index in [1.54, 1.807) is 0 Å². The van der Waals surface area contributed by atoms with E-state index in [1.165, 1.54) is 38.5 Å². The first kappa shape index (κ1) is 12.3. The monoisotopic (exact) mass is 259 g/mol. The SMILES string of the molecule is Cc1ccc(-c2nn(C3CCCCCC3)cc2N)o1. The largest absolute Gasteiger partial charge is 0.460 e. The van der Waals surface area contributed by atoms with Crippen molar-refractivity contribution < 1.29 is 4.42 Å². The van der Waals surface area contributed by atoms with Crippen LogP contribution in [0.15, 0.2) is 22.7 Å². The lowest BCUT2D eigenvalue weighted by molar-refractivity contribution is 0.405. The molecule has 0 spiro atoms. The second-order valence-corrected chi connectivity index (χ2v) is 5.47. The summed E-state index contributed by atoms with van der Waals surface area (Å²) in [5, 5.41) is 4.66. The van der Waals surface area contributed by atoms with Crippen LogP contribution in [0.3, 0.4) is 0 Å². The maximum atomic E-state index is 6.09. The lowest BCUT2D eigenvalue weighted by Crippen LogP contribution is -2.08. The van der Waals surface area contributed by atoms with Crippen molar-refractivity contribution in [3.05, 3.63) is 24.1 Å². The van der Waals surface area contributed by atoms with E-state index >= 15 is 0 Å². The summed E-state index contributed by atoms with van der Waals surface area (Å²) in [5.74, 6) is 1.65. The number of aromatic nitrogens is 2. The molecule has 0 bridgehead atoms. The van der Waals surface area contributed by atoms with Gasteiger partial charge in [-0.3, -0.25) is 4.68 Å². The van der Waals surface area contributed by atoms with Crippen LogP contribution in [0, 0.1) is 6.92 Å². The molecule has 0 radical (unpaired) electrons. The highest BCUT2D eigenvalue weighted by Crippen LogP contribution is 2.31. The van der Waals surface area contributed by atoms with Crippen LogP contribution >= 0.6 is 0 Å². The number of furan rings is 1. The molecular weight excluding hydrogens is 238 g/mol. The van der Waals surface area contributed by atoms with Gasteiger partial charge in [-0.25, -0.2) is 0 Å². The Hall–Kier alpha value is -1.71. The number of hydrogen-bond acceptors (Lipinski definition) is 3. The second-order valence-electron chi connectivity index (χ2n) is 5.47. The summed E-state index contributed by atoms with van der Waals surface area (Å²) in [7, 11) is 0. The zero-order valence-electron chi connectivity index (χ0n) is 11.4. The van der Waals surface area contributed by atoms with Crippen molar-refractivity contribution >= 4 is 5.69 Å². The number of nitrogens with two attached hydrogens (primary N) is 1. The number of aryl methyl sites for hydroxylation is 1. The van der Waals surface area contributed by atoms with Gasteiger partial charge < -0.3 is 10.2 Å². The summed E-state index contributed by atoms with van der Waals surface area (Å²) in [6, 6.07) is 4.37. The zero-order chi connectivity index (χ0) is 13.2. The van der Waals surface area contributed by atoms with Gasteiger partial charge >= 0.3 is 0 Å². The molecule has 0 atom stereocenters. The van der Waals surface area contributed by atoms with Crippen molar-refractivity contribution in [3.8, 4) is 11.5 Å².